The molecule has 0 saturated carbocycles. The van der Waals surface area contributed by atoms with Crippen molar-refractivity contribution in [2.45, 2.75) is 29.1 Å². The van der Waals surface area contributed by atoms with Gasteiger partial charge in [-0.2, -0.15) is 67.3 Å². The molecule has 0 amide bonds. The van der Waals surface area contributed by atoms with Gasteiger partial charge in [-0.05, 0) is 59.3 Å². The third kappa shape index (κ3) is 10.8. The van der Waals surface area contributed by atoms with E-state index in [0.717, 1.165) is 24.3 Å². The molecule has 0 saturated heterocycles. The van der Waals surface area contributed by atoms with Crippen molar-refractivity contribution in [1.82, 2.24) is 0 Å². The van der Waals surface area contributed by atoms with Crippen LogP contribution in [0.2, 0.25) is 0 Å². The van der Waals surface area contributed by atoms with E-state index in [0.29, 0.717) is 6.08 Å². The van der Waals surface area contributed by atoms with Gasteiger partial charge in [0.15, 0.2) is 4.75 Å². The number of hydrogen-bond donors (Lipinski definition) is 8. The van der Waals surface area contributed by atoms with Crippen molar-refractivity contribution in [2.24, 2.45) is 0 Å². The molecule has 34 heteroatoms. The molecular formula is C46H38O24P2S8. The predicted molar refractivity (Wildman–Crippen MR) is 294 cm³/mol. The van der Waals surface area contributed by atoms with Crippen LogP contribution in [-0.2, 0) is 80.9 Å². The first-order chi connectivity index (χ1) is 36.8. The van der Waals surface area contributed by atoms with Gasteiger partial charge in [0, 0.05) is 23.5 Å². The van der Waals surface area contributed by atoms with Crippen molar-refractivity contribution in [3.8, 4) is 0 Å². The van der Waals surface area contributed by atoms with E-state index in [1.54, 1.807) is 0 Å². The highest BCUT2D eigenvalue weighted by molar-refractivity contribution is 8.00. The molecule has 2 aliphatic rings. The predicted octanol–water partition coefficient (Wildman–Crippen LogP) is 3.59. The minimum atomic E-state index is -7.27. The van der Waals surface area contributed by atoms with Crippen LogP contribution in [0.5, 0.6) is 0 Å². The Morgan fingerprint density at radius 1 is 0.350 bits per heavy atom. The van der Waals surface area contributed by atoms with E-state index in [-0.39, 0.29) is 21.2 Å². The average Bonchev–Trinajstić information content (AvgIpc) is 1.42. The summed E-state index contributed by atoms with van der Waals surface area (Å²) in [6.07, 6.45) is -1.65. The standard InChI is InChI=1S/C46H38O24P2S8/c47-73(48,49)39-35-36(40(74(50,51)52)43(77(59,60)61)42(39)76(56,57)58)41(75(53,54)55)44(78(62,63)64)46(80(68,69)70,28-72(32-20-9-3-10-21-32)33-22-11-4-12-23-33)38(35)37-34-24-14-13-15-29(34)25-26-45(37,79(65,66)67)27-71(30-16-5-1-6-17-30)31-18-7-2-8-19-31/h1-26H,27-28H2,(H,47,48,49)(H,50,51,52)(H,53,54,55)(H,56,57,58)(H,59,60,61)(H,62,63,64)(H,65,66,67)(H,68,69,70). The van der Waals surface area contributed by atoms with Crippen LogP contribution in [0.3, 0.4) is 0 Å². The second-order valence-corrected chi connectivity index (χ2v) is 33.3. The van der Waals surface area contributed by atoms with Crippen LogP contribution in [0.15, 0.2) is 176 Å². The molecule has 80 heavy (non-hydrogen) atoms. The number of hydrogen-bond acceptors (Lipinski definition) is 16. The lowest BCUT2D eigenvalue weighted by Crippen LogP contribution is -2.54. The molecule has 8 rings (SSSR count). The van der Waals surface area contributed by atoms with Gasteiger partial charge in [0.2, 0.25) is 0 Å². The quantitative estimate of drug-likeness (QED) is 0.0507. The summed E-state index contributed by atoms with van der Waals surface area (Å²) in [6.45, 7) is 0. The maximum atomic E-state index is 15.6. The Kier molecular flexibility index (Phi) is 15.8. The zero-order chi connectivity index (χ0) is 59.2. The molecule has 6 aromatic rings. The van der Waals surface area contributed by atoms with Crippen molar-refractivity contribution >= 4 is 140 Å². The molecule has 0 aliphatic heterocycles. The minimum Gasteiger partial charge on any atom is -0.285 e. The highest BCUT2D eigenvalue weighted by atomic mass is 32.3. The van der Waals surface area contributed by atoms with E-state index in [1.807, 2.05) is 0 Å². The monoisotopic (exact) mass is 1290 g/mol. The lowest BCUT2D eigenvalue weighted by atomic mass is 9.73. The van der Waals surface area contributed by atoms with E-state index < -0.39 is 181 Å². The first kappa shape index (κ1) is 60.8. The second kappa shape index (κ2) is 20.8. The van der Waals surface area contributed by atoms with E-state index in [1.165, 1.54) is 127 Å². The lowest BCUT2D eigenvalue weighted by molar-refractivity contribution is 0.444. The first-order valence-electron chi connectivity index (χ1n) is 21.9. The fourth-order valence-electron chi connectivity index (χ4n) is 9.80. The fourth-order valence-corrected chi connectivity index (χ4v) is 26.6. The first-order valence-corrected chi connectivity index (χ1v) is 36.4. The van der Waals surface area contributed by atoms with Gasteiger partial charge in [-0.15, -0.1) is 0 Å². The molecule has 8 N–H and O–H groups in total. The summed E-state index contributed by atoms with van der Waals surface area (Å²) in [5.41, 5.74) is -10.6. The second-order valence-electron chi connectivity index (χ2n) is 17.4. The molecule has 0 heterocycles. The third-order valence-corrected chi connectivity index (χ3v) is 27.6. The van der Waals surface area contributed by atoms with Gasteiger partial charge in [-0.3, -0.25) is 36.4 Å². The van der Waals surface area contributed by atoms with Crippen LogP contribution in [0, 0.1) is 0 Å². The summed E-state index contributed by atoms with van der Waals surface area (Å²) in [6, 6.07) is 31.4. The van der Waals surface area contributed by atoms with Crippen molar-refractivity contribution < 1.29 is 104 Å². The van der Waals surface area contributed by atoms with E-state index >= 15 is 16.8 Å². The summed E-state index contributed by atoms with van der Waals surface area (Å²) in [5, 5.41) is 0.0678. The lowest BCUT2D eigenvalue weighted by Gasteiger charge is -2.46. The largest absolute Gasteiger partial charge is 0.297 e. The normalized spacial score (nSPS) is 19.5. The summed E-state index contributed by atoms with van der Waals surface area (Å²) < 4.78 is 315. The van der Waals surface area contributed by atoms with Crippen molar-refractivity contribution in [2.75, 3.05) is 12.3 Å². The number of benzene rings is 6. The van der Waals surface area contributed by atoms with Gasteiger partial charge < -0.3 is 0 Å². The third-order valence-electron chi connectivity index (χ3n) is 12.7. The van der Waals surface area contributed by atoms with Crippen LogP contribution in [0.4, 0.5) is 0 Å². The fraction of sp³-hybridized carbons (Fsp3) is 0.0870. The van der Waals surface area contributed by atoms with Gasteiger partial charge in [-0.25, -0.2) is 0 Å². The van der Waals surface area contributed by atoms with E-state index in [4.69, 9.17) is 0 Å². The van der Waals surface area contributed by atoms with Gasteiger partial charge in [0.25, 0.3) is 80.9 Å². The molecule has 0 spiro atoms. The van der Waals surface area contributed by atoms with Crippen molar-refractivity contribution in [3.63, 3.8) is 0 Å². The highest BCUT2D eigenvalue weighted by Crippen LogP contribution is 2.65. The van der Waals surface area contributed by atoms with Crippen LogP contribution in [0.25, 0.3) is 22.1 Å². The molecule has 0 fully saturated rings. The minimum absolute atomic E-state index is 0.148. The Morgan fingerprint density at radius 3 is 1.04 bits per heavy atom. The van der Waals surface area contributed by atoms with Gasteiger partial charge >= 0.3 is 0 Å². The van der Waals surface area contributed by atoms with Gasteiger partial charge in [0.05, 0.1) is 0 Å². The molecule has 2 unspecified atom stereocenters. The SMILES string of the molecule is O=S(=O)(O)C1=C(S(=O)(=O)O)C(CP(c2ccccc2)c2ccccc2)(S(=O)(=O)O)C(=C2c3ccccc3C=CC2(CP(c2ccccc2)c2ccccc2)S(=O)(=O)O)c2c1c(S(=O)(=O)O)c(S(=O)(=O)O)c(S(=O)(=O)O)c2S(=O)(=O)O. The van der Waals surface area contributed by atoms with Crippen LogP contribution in [-0.4, -0.2) is 126 Å². The van der Waals surface area contributed by atoms with Crippen molar-refractivity contribution in [1.29, 1.82) is 0 Å². The Bertz CT molecular complexity index is 4540. The Labute approximate surface area is 460 Å². The molecule has 0 radical (unpaired) electrons. The smallest absolute Gasteiger partial charge is 0.285 e. The molecule has 0 aromatic heterocycles. The molecule has 0 bridgehead atoms. The topological polar surface area (TPSA) is 435 Å². The van der Waals surface area contributed by atoms with E-state index in [9.17, 15) is 86.9 Å². The van der Waals surface area contributed by atoms with Crippen LogP contribution >= 0.6 is 15.8 Å². The Hall–Kier alpha value is -5.32. The van der Waals surface area contributed by atoms with Gasteiger partial charge in [-0.1, -0.05) is 158 Å². The van der Waals surface area contributed by atoms with E-state index in [2.05, 4.69) is 0 Å². The van der Waals surface area contributed by atoms with Crippen LogP contribution < -0.4 is 21.2 Å². The summed E-state index contributed by atoms with van der Waals surface area (Å²) >= 11 is 0. The van der Waals surface area contributed by atoms with Crippen molar-refractivity contribution in [3.05, 3.63) is 179 Å². The molecular weight excluding hydrogens is 1250 g/mol. The summed E-state index contributed by atoms with van der Waals surface area (Å²) in [7, 11) is -62.4. The molecule has 2 atom stereocenters. The summed E-state index contributed by atoms with van der Waals surface area (Å²) in [4.78, 5) is -18.4. The maximum Gasteiger partial charge on any atom is 0.297 e. The zero-order valence-electron chi connectivity index (χ0n) is 39.7. The Morgan fingerprint density at radius 2 is 0.700 bits per heavy atom. The maximum absolute atomic E-state index is 15.6. The zero-order valence-corrected chi connectivity index (χ0v) is 48.0. The molecule has 424 valence electrons. The van der Waals surface area contributed by atoms with Crippen LogP contribution in [0.1, 0.15) is 22.3 Å². The molecule has 6 aromatic carbocycles. The Balaban J connectivity index is 1.92. The average molecular weight is 1290 g/mol. The molecule has 24 nitrogen and oxygen atoms in total. The molecule has 2 aliphatic carbocycles. The van der Waals surface area contributed by atoms with Gasteiger partial charge in [0.1, 0.15) is 34.1 Å². The number of rotatable bonds is 16. The highest BCUT2D eigenvalue weighted by Gasteiger charge is 2.67. The number of fused-ring (bicyclic) bond motifs is 2. The summed E-state index contributed by atoms with van der Waals surface area (Å²) in [5.74, 6) is 0.